The summed E-state index contributed by atoms with van der Waals surface area (Å²) in [5, 5.41) is 2.80. The number of thioether (sulfide) groups is 1. The summed E-state index contributed by atoms with van der Waals surface area (Å²) in [5.74, 6) is -0.382. The number of ether oxygens (including phenoxy) is 1. The number of carbonyl (C=O) groups is 2. The largest absolute Gasteiger partial charge is 0.473 e. The number of halogens is 1. The second-order valence-corrected chi connectivity index (χ2v) is 7.56. The molecular weight excluding hydrogens is 403 g/mol. The van der Waals surface area contributed by atoms with E-state index in [1.54, 1.807) is 24.4 Å². The molecule has 0 aliphatic carbocycles. The van der Waals surface area contributed by atoms with Crippen molar-refractivity contribution in [3.8, 4) is 5.88 Å². The molecule has 0 unspecified atom stereocenters. The first-order chi connectivity index (χ1) is 14.5. The highest BCUT2D eigenvalue weighted by molar-refractivity contribution is 8.00. The standard InChI is InChI=1S/C23H21FN2O3S/c1-16(27)19-7-8-21(20(24)12-19)30-15-22(28)26-13-18-9-10-25-23(11-18)29-14-17-5-3-2-4-6-17/h2-12H,13-15H2,1H3,(H,26,28). The van der Waals surface area contributed by atoms with Crippen LogP contribution in [-0.2, 0) is 17.9 Å². The zero-order valence-electron chi connectivity index (χ0n) is 16.4. The Morgan fingerprint density at radius 1 is 1.07 bits per heavy atom. The molecule has 1 N–H and O–H groups in total. The van der Waals surface area contributed by atoms with E-state index in [1.807, 2.05) is 30.3 Å². The van der Waals surface area contributed by atoms with E-state index in [1.165, 1.54) is 19.1 Å². The van der Waals surface area contributed by atoms with Gasteiger partial charge in [0.25, 0.3) is 0 Å². The fourth-order valence-electron chi connectivity index (χ4n) is 2.60. The van der Waals surface area contributed by atoms with Crippen LogP contribution in [0.15, 0.2) is 71.8 Å². The first-order valence-corrected chi connectivity index (χ1v) is 10.3. The maximum absolute atomic E-state index is 14.0. The second kappa shape index (κ2) is 10.5. The van der Waals surface area contributed by atoms with Crippen LogP contribution in [-0.4, -0.2) is 22.4 Å². The highest BCUT2D eigenvalue weighted by Gasteiger charge is 2.10. The Labute approximate surface area is 178 Å². The van der Waals surface area contributed by atoms with Crippen LogP contribution in [0.3, 0.4) is 0 Å². The third-order valence-corrected chi connectivity index (χ3v) is 5.26. The van der Waals surface area contributed by atoms with Crippen molar-refractivity contribution in [1.82, 2.24) is 10.3 Å². The number of hydrogen-bond donors (Lipinski definition) is 1. The summed E-state index contributed by atoms with van der Waals surface area (Å²) in [6.45, 7) is 2.11. The van der Waals surface area contributed by atoms with E-state index in [2.05, 4.69) is 10.3 Å². The van der Waals surface area contributed by atoms with Gasteiger partial charge in [0.2, 0.25) is 11.8 Å². The van der Waals surface area contributed by atoms with E-state index >= 15 is 0 Å². The third-order valence-electron chi connectivity index (χ3n) is 4.22. The molecule has 0 radical (unpaired) electrons. The lowest BCUT2D eigenvalue weighted by atomic mass is 10.1. The summed E-state index contributed by atoms with van der Waals surface area (Å²) in [6.07, 6.45) is 1.63. The van der Waals surface area contributed by atoms with Gasteiger partial charge >= 0.3 is 0 Å². The van der Waals surface area contributed by atoms with Gasteiger partial charge in [-0.2, -0.15) is 0 Å². The predicted octanol–water partition coefficient (Wildman–Crippen LogP) is 4.41. The van der Waals surface area contributed by atoms with Gasteiger partial charge in [-0.1, -0.05) is 36.4 Å². The minimum Gasteiger partial charge on any atom is -0.473 e. The Morgan fingerprint density at radius 3 is 2.60 bits per heavy atom. The first-order valence-electron chi connectivity index (χ1n) is 9.33. The molecule has 1 heterocycles. The summed E-state index contributed by atoms with van der Waals surface area (Å²) >= 11 is 1.08. The van der Waals surface area contributed by atoms with Crippen molar-refractivity contribution >= 4 is 23.5 Å². The van der Waals surface area contributed by atoms with Crippen LogP contribution >= 0.6 is 11.8 Å². The van der Waals surface area contributed by atoms with Crippen molar-refractivity contribution < 1.29 is 18.7 Å². The fraction of sp³-hybridized carbons (Fsp3) is 0.174. The summed E-state index contributed by atoms with van der Waals surface area (Å²) in [7, 11) is 0. The lowest BCUT2D eigenvalue weighted by Crippen LogP contribution is -2.24. The van der Waals surface area contributed by atoms with Crippen LogP contribution in [0.4, 0.5) is 4.39 Å². The number of pyridine rings is 1. The number of nitrogens with zero attached hydrogens (tertiary/aromatic N) is 1. The lowest BCUT2D eigenvalue weighted by molar-refractivity contribution is -0.118. The van der Waals surface area contributed by atoms with Crippen LogP contribution < -0.4 is 10.1 Å². The molecule has 30 heavy (non-hydrogen) atoms. The Morgan fingerprint density at radius 2 is 1.87 bits per heavy atom. The molecule has 7 heteroatoms. The van der Waals surface area contributed by atoms with Gasteiger partial charge in [0.05, 0.1) is 5.75 Å². The van der Waals surface area contributed by atoms with Gasteiger partial charge in [-0.3, -0.25) is 9.59 Å². The van der Waals surface area contributed by atoms with E-state index in [9.17, 15) is 14.0 Å². The Bertz CT molecular complexity index is 1030. The lowest BCUT2D eigenvalue weighted by Gasteiger charge is -2.09. The van der Waals surface area contributed by atoms with E-state index in [4.69, 9.17) is 4.74 Å². The van der Waals surface area contributed by atoms with Crippen LogP contribution in [0.2, 0.25) is 0 Å². The van der Waals surface area contributed by atoms with Gasteiger partial charge in [0.15, 0.2) is 5.78 Å². The summed E-state index contributed by atoms with van der Waals surface area (Å²) in [5.41, 5.74) is 2.20. The molecule has 1 aromatic heterocycles. The number of ketones is 1. The van der Waals surface area contributed by atoms with Gasteiger partial charge in [0.1, 0.15) is 12.4 Å². The van der Waals surface area contributed by atoms with Crippen molar-refractivity contribution in [2.45, 2.75) is 25.0 Å². The zero-order valence-corrected chi connectivity index (χ0v) is 17.2. The third kappa shape index (κ3) is 6.42. The Balaban J connectivity index is 1.47. The highest BCUT2D eigenvalue weighted by atomic mass is 32.2. The molecule has 0 spiro atoms. The number of aromatic nitrogens is 1. The van der Waals surface area contributed by atoms with Gasteiger partial charge in [-0.05, 0) is 36.2 Å². The van der Waals surface area contributed by atoms with Crippen molar-refractivity contribution in [1.29, 1.82) is 0 Å². The Kier molecular flexibility index (Phi) is 7.57. The average Bonchev–Trinajstić information content (AvgIpc) is 2.76. The minimum absolute atomic E-state index is 0.0682. The van der Waals surface area contributed by atoms with Crippen molar-refractivity contribution in [2.24, 2.45) is 0 Å². The van der Waals surface area contributed by atoms with Crippen LogP contribution in [0.25, 0.3) is 0 Å². The first kappa shape index (κ1) is 21.5. The topological polar surface area (TPSA) is 68.3 Å². The van der Waals surface area contributed by atoms with Gasteiger partial charge in [0, 0.05) is 29.3 Å². The second-order valence-electron chi connectivity index (χ2n) is 6.54. The molecule has 5 nitrogen and oxygen atoms in total. The van der Waals surface area contributed by atoms with E-state index in [0.717, 1.165) is 22.9 Å². The molecule has 3 rings (SSSR count). The molecule has 0 saturated carbocycles. The number of carbonyl (C=O) groups excluding carboxylic acids is 2. The van der Waals surface area contributed by atoms with Gasteiger partial charge < -0.3 is 10.1 Å². The van der Waals surface area contributed by atoms with Crippen molar-refractivity contribution in [3.05, 3.63) is 89.4 Å². The minimum atomic E-state index is -0.505. The smallest absolute Gasteiger partial charge is 0.230 e. The molecule has 3 aromatic rings. The number of benzene rings is 2. The molecule has 0 fully saturated rings. The fourth-order valence-corrected chi connectivity index (χ4v) is 3.35. The normalized spacial score (nSPS) is 10.5. The maximum atomic E-state index is 14.0. The number of rotatable bonds is 9. The summed E-state index contributed by atoms with van der Waals surface area (Å²) < 4.78 is 19.7. The quantitative estimate of drug-likeness (QED) is 0.407. The molecular formula is C23H21FN2O3S. The van der Waals surface area contributed by atoms with Gasteiger partial charge in [-0.15, -0.1) is 11.8 Å². The van der Waals surface area contributed by atoms with Crippen LogP contribution in [0.5, 0.6) is 5.88 Å². The number of hydrogen-bond acceptors (Lipinski definition) is 5. The molecule has 0 bridgehead atoms. The molecule has 0 saturated heterocycles. The highest BCUT2D eigenvalue weighted by Crippen LogP contribution is 2.22. The molecule has 1 amide bonds. The zero-order chi connectivity index (χ0) is 21.3. The van der Waals surface area contributed by atoms with E-state index in [-0.39, 0.29) is 17.4 Å². The molecule has 0 aliphatic rings. The van der Waals surface area contributed by atoms with Gasteiger partial charge in [-0.25, -0.2) is 9.37 Å². The number of Topliss-reactive ketones (excluding diaryl/α,β-unsaturated/α-hetero) is 1. The molecule has 0 aliphatic heterocycles. The molecule has 154 valence electrons. The summed E-state index contributed by atoms with van der Waals surface area (Å²) in [6, 6.07) is 17.6. The van der Waals surface area contributed by atoms with E-state index < -0.39 is 5.82 Å². The van der Waals surface area contributed by atoms with Crippen molar-refractivity contribution in [3.63, 3.8) is 0 Å². The predicted molar refractivity (Wildman–Crippen MR) is 114 cm³/mol. The SMILES string of the molecule is CC(=O)c1ccc(SCC(=O)NCc2ccnc(OCc3ccccc3)c2)c(F)c1. The Hall–Kier alpha value is -3.19. The monoisotopic (exact) mass is 424 g/mol. The maximum Gasteiger partial charge on any atom is 0.230 e. The molecule has 0 atom stereocenters. The molecule has 2 aromatic carbocycles. The number of amides is 1. The van der Waals surface area contributed by atoms with Crippen LogP contribution in [0.1, 0.15) is 28.4 Å². The summed E-state index contributed by atoms with van der Waals surface area (Å²) in [4.78, 5) is 27.9. The van der Waals surface area contributed by atoms with Crippen molar-refractivity contribution in [2.75, 3.05) is 5.75 Å². The number of nitrogens with one attached hydrogen (secondary N) is 1. The van der Waals surface area contributed by atoms with Crippen LogP contribution in [0, 0.1) is 5.82 Å². The van der Waals surface area contributed by atoms with E-state index in [0.29, 0.717) is 29.5 Å². The average molecular weight is 424 g/mol.